The van der Waals surface area contributed by atoms with Gasteiger partial charge in [0.25, 0.3) is 0 Å². The predicted molar refractivity (Wildman–Crippen MR) is 120 cm³/mol. The highest BCUT2D eigenvalue weighted by atomic mass is 16.3. The Kier molecular flexibility index (Phi) is 5.05. The largest absolute Gasteiger partial charge is 0.390 e. The van der Waals surface area contributed by atoms with Crippen molar-refractivity contribution in [2.24, 2.45) is 17.8 Å². The molecule has 2 saturated carbocycles. The van der Waals surface area contributed by atoms with E-state index in [0.29, 0.717) is 48.4 Å². The molecule has 0 amide bonds. The number of aromatic amines is 1. The van der Waals surface area contributed by atoms with Crippen molar-refractivity contribution in [1.29, 1.82) is 0 Å². The second-order valence-electron chi connectivity index (χ2n) is 10.2. The molecule has 5 unspecified atom stereocenters. The maximum atomic E-state index is 10.7. The van der Waals surface area contributed by atoms with Crippen molar-refractivity contribution >= 4 is 23.4 Å². The Bertz CT molecular complexity index is 938. The van der Waals surface area contributed by atoms with Crippen LogP contribution in [0.1, 0.15) is 45.2 Å². The van der Waals surface area contributed by atoms with E-state index in [4.69, 9.17) is 9.97 Å². The summed E-state index contributed by atoms with van der Waals surface area (Å²) < 4.78 is 0. The summed E-state index contributed by atoms with van der Waals surface area (Å²) in [6.07, 6.45) is 3.66. The number of anilines is 4. The van der Waals surface area contributed by atoms with Gasteiger partial charge < -0.3 is 25.7 Å². The highest BCUT2D eigenvalue weighted by Gasteiger charge is 2.45. The SMILES string of the molecule is Cc1cc(Nc2cc(N3CC(O)C3)nc(NC3C(C)CC4CC3CC(C)(O)C4)n2)n[nH]1. The first kappa shape index (κ1) is 20.5. The van der Waals surface area contributed by atoms with Gasteiger partial charge in [-0.1, -0.05) is 6.92 Å². The van der Waals surface area contributed by atoms with Crippen LogP contribution in [0, 0.1) is 24.7 Å². The lowest BCUT2D eigenvalue weighted by molar-refractivity contribution is -0.0502. The molecule has 1 saturated heterocycles. The average Bonchev–Trinajstić information content (AvgIpc) is 3.05. The normalized spacial score (nSPS) is 33.1. The van der Waals surface area contributed by atoms with E-state index in [-0.39, 0.29) is 12.1 Å². The minimum absolute atomic E-state index is 0.223. The number of fused-ring (bicyclic) bond motifs is 2. The van der Waals surface area contributed by atoms with Crippen molar-refractivity contribution in [2.45, 2.75) is 64.2 Å². The molecule has 5 atom stereocenters. The monoisotopic (exact) mass is 427 g/mol. The van der Waals surface area contributed by atoms with Crippen molar-refractivity contribution < 1.29 is 10.2 Å². The van der Waals surface area contributed by atoms with Crippen molar-refractivity contribution in [1.82, 2.24) is 20.2 Å². The summed E-state index contributed by atoms with van der Waals surface area (Å²) in [7, 11) is 0. The molecule has 31 heavy (non-hydrogen) atoms. The lowest BCUT2D eigenvalue weighted by Crippen LogP contribution is -2.51. The van der Waals surface area contributed by atoms with Gasteiger partial charge in [0.2, 0.25) is 5.95 Å². The molecule has 9 nitrogen and oxygen atoms in total. The quantitative estimate of drug-likeness (QED) is 0.493. The van der Waals surface area contributed by atoms with Gasteiger partial charge in [0.15, 0.2) is 5.82 Å². The highest BCUT2D eigenvalue weighted by Crippen LogP contribution is 2.47. The molecule has 1 aliphatic heterocycles. The smallest absolute Gasteiger partial charge is 0.226 e. The fourth-order valence-corrected chi connectivity index (χ4v) is 5.84. The van der Waals surface area contributed by atoms with Gasteiger partial charge in [0, 0.05) is 37.0 Å². The van der Waals surface area contributed by atoms with Gasteiger partial charge in [-0.3, -0.25) is 5.10 Å². The van der Waals surface area contributed by atoms with Crippen LogP contribution in [0.15, 0.2) is 12.1 Å². The molecule has 0 spiro atoms. The van der Waals surface area contributed by atoms with E-state index in [0.717, 1.165) is 37.2 Å². The van der Waals surface area contributed by atoms with Gasteiger partial charge in [-0.05, 0) is 57.3 Å². The summed E-state index contributed by atoms with van der Waals surface area (Å²) >= 11 is 0. The summed E-state index contributed by atoms with van der Waals surface area (Å²) in [5, 5.41) is 34.5. The number of nitrogens with one attached hydrogen (secondary N) is 3. The Morgan fingerprint density at radius 2 is 1.97 bits per heavy atom. The number of β-amino-alcohol motifs (C(OH)–C–C–N with tert-alkyl or cyclic N) is 1. The fourth-order valence-electron chi connectivity index (χ4n) is 5.84. The average molecular weight is 428 g/mol. The van der Waals surface area contributed by atoms with Gasteiger partial charge in [0.1, 0.15) is 11.6 Å². The Hall–Kier alpha value is -2.39. The number of aryl methyl sites for hydroxylation is 1. The molecule has 3 heterocycles. The van der Waals surface area contributed by atoms with Crippen LogP contribution in [0.3, 0.4) is 0 Å². The second-order valence-corrected chi connectivity index (χ2v) is 10.2. The molecular weight excluding hydrogens is 394 g/mol. The lowest BCUT2D eigenvalue weighted by Gasteiger charge is -2.49. The van der Waals surface area contributed by atoms with Crippen molar-refractivity contribution in [3.63, 3.8) is 0 Å². The molecule has 3 fully saturated rings. The Balaban J connectivity index is 1.40. The Morgan fingerprint density at radius 1 is 1.16 bits per heavy atom. The van der Waals surface area contributed by atoms with Crippen molar-refractivity contribution in [2.75, 3.05) is 28.6 Å². The molecule has 3 aliphatic rings. The molecule has 2 aromatic heterocycles. The number of aliphatic hydroxyl groups excluding tert-OH is 1. The first-order valence-corrected chi connectivity index (χ1v) is 11.3. The number of rotatable bonds is 5. The maximum absolute atomic E-state index is 10.7. The zero-order valence-corrected chi connectivity index (χ0v) is 18.5. The lowest BCUT2D eigenvalue weighted by atomic mass is 9.61. The number of hydrogen-bond acceptors (Lipinski definition) is 8. The number of hydrogen-bond donors (Lipinski definition) is 5. The zero-order chi connectivity index (χ0) is 21.8. The van der Waals surface area contributed by atoms with E-state index in [9.17, 15) is 10.2 Å². The molecule has 168 valence electrons. The molecule has 2 aromatic rings. The van der Waals surface area contributed by atoms with E-state index >= 15 is 0 Å². The summed E-state index contributed by atoms with van der Waals surface area (Å²) in [4.78, 5) is 11.5. The molecule has 0 radical (unpaired) electrons. The Labute approximate surface area is 182 Å². The van der Waals surface area contributed by atoms with Crippen LogP contribution in [-0.4, -0.2) is 61.2 Å². The molecule has 0 aromatic carbocycles. The summed E-state index contributed by atoms with van der Waals surface area (Å²) in [6.45, 7) is 7.36. The van der Waals surface area contributed by atoms with Gasteiger partial charge in [-0.25, -0.2) is 0 Å². The number of aliphatic hydroxyl groups is 2. The molecule has 5 N–H and O–H groups in total. The molecule has 2 bridgehead atoms. The number of H-pyrrole nitrogens is 1. The fraction of sp³-hybridized carbons (Fsp3) is 0.682. The van der Waals surface area contributed by atoms with Gasteiger partial charge in [-0.2, -0.15) is 15.1 Å². The Morgan fingerprint density at radius 3 is 2.68 bits per heavy atom. The second kappa shape index (κ2) is 7.63. The standard InChI is InChI=1S/C22H33N7O2/c1-12-4-14-6-15(9-22(3,31)8-14)20(12)26-21-24-17(23-18-5-13(2)27-28-18)7-19(25-21)29-10-16(30)11-29/h5,7,12,14-16,20,30-31H,4,6,8-11H2,1-3H3,(H3,23,24,25,26,27,28). The van der Waals surface area contributed by atoms with E-state index in [1.807, 2.05) is 30.9 Å². The number of nitrogens with zero attached hydrogens (tertiary/aromatic N) is 4. The van der Waals surface area contributed by atoms with Gasteiger partial charge in [0.05, 0.1) is 11.7 Å². The predicted octanol–water partition coefficient (Wildman–Crippen LogP) is 2.42. The van der Waals surface area contributed by atoms with Crippen molar-refractivity contribution in [3.05, 3.63) is 17.8 Å². The van der Waals surface area contributed by atoms with Crippen LogP contribution in [0.5, 0.6) is 0 Å². The van der Waals surface area contributed by atoms with Crippen LogP contribution < -0.4 is 15.5 Å². The minimum atomic E-state index is -0.589. The zero-order valence-electron chi connectivity index (χ0n) is 18.5. The van der Waals surface area contributed by atoms with E-state index < -0.39 is 5.60 Å². The van der Waals surface area contributed by atoms with E-state index in [1.165, 1.54) is 0 Å². The summed E-state index contributed by atoms with van der Waals surface area (Å²) in [5.41, 5.74) is 0.380. The van der Waals surface area contributed by atoms with E-state index in [2.05, 4.69) is 27.8 Å². The van der Waals surface area contributed by atoms with E-state index in [1.54, 1.807) is 0 Å². The van der Waals surface area contributed by atoms with Gasteiger partial charge in [-0.15, -0.1) is 0 Å². The maximum Gasteiger partial charge on any atom is 0.226 e. The minimum Gasteiger partial charge on any atom is -0.390 e. The first-order valence-electron chi connectivity index (χ1n) is 11.3. The summed E-state index contributed by atoms with van der Waals surface area (Å²) in [5.74, 6) is 4.22. The molecule has 5 rings (SSSR count). The third-order valence-electron chi connectivity index (χ3n) is 7.05. The van der Waals surface area contributed by atoms with Crippen LogP contribution in [0.2, 0.25) is 0 Å². The molecular formula is C22H33N7O2. The topological polar surface area (TPSA) is 122 Å². The first-order chi connectivity index (χ1) is 14.7. The third-order valence-corrected chi connectivity index (χ3v) is 7.05. The van der Waals surface area contributed by atoms with Crippen LogP contribution in [0.25, 0.3) is 0 Å². The third kappa shape index (κ3) is 4.34. The summed E-state index contributed by atoms with van der Waals surface area (Å²) in [6, 6.07) is 4.04. The van der Waals surface area contributed by atoms with Gasteiger partial charge >= 0.3 is 0 Å². The highest BCUT2D eigenvalue weighted by molar-refractivity contribution is 5.60. The number of aromatic nitrogens is 4. The van der Waals surface area contributed by atoms with Crippen LogP contribution >= 0.6 is 0 Å². The van der Waals surface area contributed by atoms with Crippen LogP contribution in [0.4, 0.5) is 23.4 Å². The molecule has 2 aliphatic carbocycles. The molecule has 9 heteroatoms. The van der Waals surface area contributed by atoms with Crippen molar-refractivity contribution in [3.8, 4) is 0 Å². The van der Waals surface area contributed by atoms with Crippen LogP contribution in [-0.2, 0) is 0 Å².